The van der Waals surface area contributed by atoms with Crippen molar-refractivity contribution < 1.29 is 0 Å². The highest BCUT2D eigenvalue weighted by Gasteiger charge is 2.02. The summed E-state index contributed by atoms with van der Waals surface area (Å²) in [6, 6.07) is 3.70. The zero-order valence-corrected chi connectivity index (χ0v) is 9.02. The van der Waals surface area contributed by atoms with E-state index in [0.717, 1.165) is 3.57 Å². The Kier molecular flexibility index (Phi) is 2.03. The fraction of sp³-hybridized carbons (Fsp3) is 0.125. The summed E-state index contributed by atoms with van der Waals surface area (Å²) in [5.74, 6) is 0.508. The first-order valence-electron chi connectivity index (χ1n) is 3.70. The van der Waals surface area contributed by atoms with Crippen LogP contribution in [0.2, 0.25) is 0 Å². The van der Waals surface area contributed by atoms with Gasteiger partial charge in [-0.25, -0.2) is 9.78 Å². The van der Waals surface area contributed by atoms with Crippen LogP contribution in [0.25, 0.3) is 5.65 Å². The number of hydrogen-bond donors (Lipinski definition) is 0. The highest BCUT2D eigenvalue weighted by Crippen LogP contribution is 2.08. The van der Waals surface area contributed by atoms with E-state index in [1.807, 2.05) is 6.07 Å². The summed E-state index contributed by atoms with van der Waals surface area (Å²) in [6.45, 7) is 1.71. The molecule has 0 saturated carbocycles. The zero-order chi connectivity index (χ0) is 9.42. The molecule has 0 aromatic carbocycles. The third kappa shape index (κ3) is 1.43. The third-order valence-corrected chi connectivity index (χ3v) is 2.49. The van der Waals surface area contributed by atoms with Crippen molar-refractivity contribution in [2.24, 2.45) is 0 Å². The van der Waals surface area contributed by atoms with Crippen LogP contribution in [0.3, 0.4) is 0 Å². The molecule has 0 fully saturated rings. The van der Waals surface area contributed by atoms with Crippen LogP contribution in [0.4, 0.5) is 0 Å². The van der Waals surface area contributed by atoms with Crippen LogP contribution in [-0.2, 0) is 0 Å². The minimum atomic E-state index is -0.277. The molecule has 2 rings (SSSR count). The second kappa shape index (κ2) is 3.06. The maximum absolute atomic E-state index is 11.4. The van der Waals surface area contributed by atoms with Gasteiger partial charge in [0.05, 0.1) is 3.57 Å². The van der Waals surface area contributed by atoms with Gasteiger partial charge in [0.1, 0.15) is 5.82 Å². The van der Waals surface area contributed by atoms with Crippen LogP contribution < -0.4 is 5.69 Å². The standard InChI is InChI=1S/C8H6IN3O/c1-5-10-7-6(9)3-2-4-12(7)8(13)11-5/h2-4H,1H3. The lowest BCUT2D eigenvalue weighted by Crippen LogP contribution is -2.19. The Morgan fingerprint density at radius 2 is 2.23 bits per heavy atom. The van der Waals surface area contributed by atoms with Crippen LogP contribution in [0.1, 0.15) is 5.82 Å². The number of halogens is 1. The molecule has 0 atom stereocenters. The molecule has 0 aliphatic rings. The van der Waals surface area contributed by atoms with Crippen molar-refractivity contribution in [3.8, 4) is 0 Å². The van der Waals surface area contributed by atoms with Crippen LogP contribution in [0.5, 0.6) is 0 Å². The van der Waals surface area contributed by atoms with E-state index in [4.69, 9.17) is 0 Å². The first-order chi connectivity index (χ1) is 6.18. The largest absolute Gasteiger partial charge is 0.355 e. The average molecular weight is 287 g/mol. The topological polar surface area (TPSA) is 47.3 Å². The van der Waals surface area contributed by atoms with Crippen LogP contribution in [0, 0.1) is 10.5 Å². The van der Waals surface area contributed by atoms with Crippen molar-refractivity contribution in [1.82, 2.24) is 14.4 Å². The Labute approximate surface area is 87.8 Å². The van der Waals surface area contributed by atoms with E-state index >= 15 is 0 Å². The van der Waals surface area contributed by atoms with Crippen LogP contribution in [0.15, 0.2) is 23.1 Å². The van der Waals surface area contributed by atoms with Gasteiger partial charge in [0.25, 0.3) is 0 Å². The molecule has 2 aromatic rings. The van der Waals surface area contributed by atoms with Crippen molar-refractivity contribution in [2.75, 3.05) is 0 Å². The molecular weight excluding hydrogens is 281 g/mol. The molecule has 2 heterocycles. The van der Waals surface area contributed by atoms with Gasteiger partial charge in [0, 0.05) is 6.20 Å². The molecule has 0 saturated heterocycles. The van der Waals surface area contributed by atoms with Gasteiger partial charge in [-0.05, 0) is 41.6 Å². The summed E-state index contributed by atoms with van der Waals surface area (Å²) in [5.41, 5.74) is 0.390. The van der Waals surface area contributed by atoms with Gasteiger partial charge in [0.15, 0.2) is 5.65 Å². The molecule has 66 valence electrons. The number of hydrogen-bond acceptors (Lipinski definition) is 3. The SMILES string of the molecule is Cc1nc(=O)n2cccc(I)c2n1. The van der Waals surface area contributed by atoms with E-state index < -0.39 is 0 Å². The first kappa shape index (κ1) is 8.61. The number of aryl methyl sites for hydroxylation is 1. The zero-order valence-electron chi connectivity index (χ0n) is 6.86. The monoisotopic (exact) mass is 287 g/mol. The number of rotatable bonds is 0. The summed E-state index contributed by atoms with van der Waals surface area (Å²) < 4.78 is 2.39. The lowest BCUT2D eigenvalue weighted by atomic mass is 10.5. The van der Waals surface area contributed by atoms with Gasteiger partial charge in [-0.1, -0.05) is 0 Å². The first-order valence-corrected chi connectivity index (χ1v) is 4.78. The highest BCUT2D eigenvalue weighted by atomic mass is 127. The van der Waals surface area contributed by atoms with E-state index in [1.54, 1.807) is 19.2 Å². The van der Waals surface area contributed by atoms with Gasteiger partial charge >= 0.3 is 5.69 Å². The van der Waals surface area contributed by atoms with Gasteiger partial charge in [0.2, 0.25) is 0 Å². The maximum Gasteiger partial charge on any atom is 0.355 e. The molecule has 0 spiro atoms. The molecule has 4 nitrogen and oxygen atoms in total. The van der Waals surface area contributed by atoms with Gasteiger partial charge in [-0.3, -0.25) is 4.40 Å². The Morgan fingerprint density at radius 1 is 1.46 bits per heavy atom. The minimum absolute atomic E-state index is 0.277. The molecule has 0 N–H and O–H groups in total. The molecule has 0 radical (unpaired) electrons. The van der Waals surface area contributed by atoms with E-state index in [2.05, 4.69) is 32.6 Å². The summed E-state index contributed by atoms with van der Waals surface area (Å²) in [7, 11) is 0. The Bertz CT molecular complexity index is 520. The van der Waals surface area contributed by atoms with E-state index in [9.17, 15) is 4.79 Å². The molecule has 0 aliphatic carbocycles. The lowest BCUT2D eigenvalue weighted by molar-refractivity contribution is 0.896. The smallest absolute Gasteiger partial charge is 0.250 e. The average Bonchev–Trinajstić information content (AvgIpc) is 2.07. The normalized spacial score (nSPS) is 10.6. The van der Waals surface area contributed by atoms with Gasteiger partial charge in [-0.15, -0.1) is 0 Å². The molecule has 0 aliphatic heterocycles. The molecule has 0 bridgehead atoms. The molecular formula is C8H6IN3O. The van der Waals surface area contributed by atoms with Crippen molar-refractivity contribution in [3.63, 3.8) is 0 Å². The summed E-state index contributed by atoms with van der Waals surface area (Å²) >= 11 is 2.14. The highest BCUT2D eigenvalue weighted by molar-refractivity contribution is 14.1. The predicted molar refractivity (Wildman–Crippen MR) is 56.7 cm³/mol. The van der Waals surface area contributed by atoms with E-state index in [0.29, 0.717) is 11.5 Å². The van der Waals surface area contributed by atoms with Crippen LogP contribution >= 0.6 is 22.6 Å². The van der Waals surface area contributed by atoms with Crippen molar-refractivity contribution in [2.45, 2.75) is 6.92 Å². The number of aromatic nitrogens is 3. The lowest BCUT2D eigenvalue weighted by Gasteiger charge is -2.00. The Morgan fingerprint density at radius 3 is 3.00 bits per heavy atom. The molecule has 0 amide bonds. The predicted octanol–water partition coefficient (Wildman–Crippen LogP) is 1.00. The van der Waals surface area contributed by atoms with Gasteiger partial charge in [-0.2, -0.15) is 4.98 Å². The van der Waals surface area contributed by atoms with Crippen molar-refractivity contribution >= 4 is 28.2 Å². The summed E-state index contributed by atoms with van der Waals surface area (Å²) in [5, 5.41) is 0. The quantitative estimate of drug-likeness (QED) is 0.679. The molecule has 0 unspecified atom stereocenters. The van der Waals surface area contributed by atoms with Crippen molar-refractivity contribution in [3.05, 3.63) is 38.2 Å². The number of fused-ring (bicyclic) bond motifs is 1. The maximum atomic E-state index is 11.4. The second-order valence-electron chi connectivity index (χ2n) is 2.60. The molecule has 5 heteroatoms. The van der Waals surface area contributed by atoms with Crippen molar-refractivity contribution in [1.29, 1.82) is 0 Å². The molecule has 13 heavy (non-hydrogen) atoms. The summed E-state index contributed by atoms with van der Waals surface area (Å²) in [4.78, 5) is 19.3. The number of nitrogens with zero attached hydrogens (tertiary/aromatic N) is 3. The fourth-order valence-corrected chi connectivity index (χ4v) is 1.69. The molecule has 2 aromatic heterocycles. The van der Waals surface area contributed by atoms with E-state index in [1.165, 1.54) is 4.40 Å². The fourth-order valence-electron chi connectivity index (χ4n) is 1.11. The Balaban J connectivity index is 3.03. The second-order valence-corrected chi connectivity index (χ2v) is 3.77. The van der Waals surface area contributed by atoms with E-state index in [-0.39, 0.29) is 5.69 Å². The summed E-state index contributed by atoms with van der Waals surface area (Å²) in [6.07, 6.45) is 1.67. The third-order valence-electron chi connectivity index (χ3n) is 1.65. The minimum Gasteiger partial charge on any atom is -0.250 e. The van der Waals surface area contributed by atoms with Crippen LogP contribution in [-0.4, -0.2) is 14.4 Å². The van der Waals surface area contributed by atoms with Gasteiger partial charge < -0.3 is 0 Å². The Hall–Kier alpha value is -0.980. The number of pyridine rings is 1.